The average molecular weight is 335 g/mol. The van der Waals surface area contributed by atoms with E-state index in [2.05, 4.69) is 9.98 Å². The van der Waals surface area contributed by atoms with Crippen LogP contribution in [0.5, 0.6) is 11.5 Å². The maximum absolute atomic E-state index is 9.54. The summed E-state index contributed by atoms with van der Waals surface area (Å²) in [5, 5.41) is 19.1. The van der Waals surface area contributed by atoms with Crippen LogP contribution >= 0.6 is 0 Å². The first-order valence-corrected chi connectivity index (χ1v) is 7.08. The van der Waals surface area contributed by atoms with E-state index in [9.17, 15) is 10.2 Å². The van der Waals surface area contributed by atoms with Crippen LogP contribution in [0.1, 0.15) is 11.1 Å². The van der Waals surface area contributed by atoms with E-state index < -0.39 is 0 Å². The molecule has 2 aromatic rings. The van der Waals surface area contributed by atoms with Crippen molar-refractivity contribution in [1.29, 1.82) is 0 Å². The fraction of sp³-hybridized carbons (Fsp3) is 0.125. The molecule has 6 heteroatoms. The number of hydrogen-bond donors (Lipinski definition) is 2. The molecule has 0 aliphatic carbocycles. The zero-order valence-electron chi connectivity index (χ0n) is 11.8. The van der Waals surface area contributed by atoms with Crippen LogP contribution in [-0.4, -0.2) is 35.7 Å². The Bertz CT molecular complexity index is 589. The van der Waals surface area contributed by atoms with E-state index in [0.29, 0.717) is 24.2 Å². The molecule has 22 heavy (non-hydrogen) atoms. The van der Waals surface area contributed by atoms with E-state index in [0.717, 1.165) is 17.4 Å². The van der Waals surface area contributed by atoms with E-state index in [-0.39, 0.29) is 11.5 Å². The Balaban J connectivity index is 0.00000116. The molecule has 0 heterocycles. The van der Waals surface area contributed by atoms with Crippen molar-refractivity contribution in [3.8, 4) is 11.5 Å². The Morgan fingerprint density at radius 3 is 1.50 bits per heavy atom. The first kappa shape index (κ1) is 17.8. The molecule has 0 saturated heterocycles. The zero-order valence-corrected chi connectivity index (χ0v) is 13.2. The third-order valence-corrected chi connectivity index (χ3v) is 2.69. The summed E-state index contributed by atoms with van der Waals surface area (Å²) >= 11 is 1.06. The number of phenolic OH excluding ortho intramolecular Hbond substituents is 2. The van der Waals surface area contributed by atoms with Crippen LogP contribution in [0.25, 0.3) is 0 Å². The number of aliphatic imine (C=N–C) groups is 2. The average Bonchev–Trinajstić information content (AvgIpc) is 2.56. The second-order valence-corrected chi connectivity index (χ2v) is 4.19. The summed E-state index contributed by atoms with van der Waals surface area (Å²) in [4.78, 5) is 8.39. The number of hydrogen-bond acceptors (Lipinski definition) is 5. The molecule has 113 valence electrons. The normalized spacial score (nSPS) is 10.5. The third-order valence-electron chi connectivity index (χ3n) is 2.69. The topological polar surface area (TPSA) is 82.2 Å². The van der Waals surface area contributed by atoms with Crippen LogP contribution in [0.2, 0.25) is 0 Å². The van der Waals surface area contributed by atoms with Crippen molar-refractivity contribution >= 4 is 12.4 Å². The number of phenols is 2. The van der Waals surface area contributed by atoms with Crippen molar-refractivity contribution in [3.05, 3.63) is 59.7 Å². The molecule has 0 fully saturated rings. The van der Waals surface area contributed by atoms with Crippen molar-refractivity contribution in [1.82, 2.24) is 0 Å². The summed E-state index contributed by atoms with van der Waals surface area (Å²) in [6.45, 7) is 1.05. The third kappa shape index (κ3) is 6.03. The fourth-order valence-corrected chi connectivity index (χ4v) is 1.63. The van der Waals surface area contributed by atoms with Crippen LogP contribution in [-0.2, 0) is 21.0 Å². The number of nitrogens with zero attached hydrogens (tertiary/aromatic N) is 2. The first-order valence-electron chi connectivity index (χ1n) is 6.51. The first-order chi connectivity index (χ1) is 10.8. The van der Waals surface area contributed by atoms with E-state index in [1.54, 1.807) is 48.8 Å². The molecular formula is C16H16N2O3V. The van der Waals surface area contributed by atoms with E-state index >= 15 is 0 Å². The Morgan fingerprint density at radius 1 is 0.773 bits per heavy atom. The second-order valence-electron chi connectivity index (χ2n) is 4.19. The van der Waals surface area contributed by atoms with E-state index in [4.69, 9.17) is 3.67 Å². The fourth-order valence-electron chi connectivity index (χ4n) is 1.63. The van der Waals surface area contributed by atoms with Gasteiger partial charge in [0.05, 0.1) is 13.1 Å². The molecule has 0 aliphatic heterocycles. The summed E-state index contributed by atoms with van der Waals surface area (Å²) in [6.07, 6.45) is 3.26. The number of para-hydroxylation sites is 2. The predicted octanol–water partition coefficient (Wildman–Crippen LogP) is 2.51. The number of rotatable bonds is 5. The molecular weight excluding hydrogens is 319 g/mol. The molecule has 0 bridgehead atoms. The standard InChI is InChI=1S/C16H16N2O2.O.V/c19-15-7-3-1-5-13(15)11-17-9-10-18-12-14-6-2-4-8-16(14)20;;/h1-8,11-12,19-20H,9-10H2;;. The molecule has 2 N–H and O–H groups in total. The minimum absolute atomic E-state index is 0.217. The number of aromatic hydroxyl groups is 2. The van der Waals surface area contributed by atoms with Gasteiger partial charge in [0.15, 0.2) is 0 Å². The van der Waals surface area contributed by atoms with Gasteiger partial charge in [0, 0.05) is 23.6 Å². The summed E-state index contributed by atoms with van der Waals surface area (Å²) in [5.41, 5.74) is 1.38. The molecule has 2 aromatic carbocycles. The van der Waals surface area contributed by atoms with Crippen LogP contribution in [0.15, 0.2) is 58.5 Å². The second kappa shape index (κ2) is 10.5. The van der Waals surface area contributed by atoms with Gasteiger partial charge in [0.2, 0.25) is 0 Å². The van der Waals surface area contributed by atoms with Crippen molar-refractivity contribution < 1.29 is 31.3 Å². The van der Waals surface area contributed by atoms with Crippen molar-refractivity contribution in [3.63, 3.8) is 0 Å². The Kier molecular flexibility index (Phi) is 8.49. The van der Waals surface area contributed by atoms with Gasteiger partial charge in [-0.1, -0.05) is 24.3 Å². The molecule has 0 radical (unpaired) electrons. The van der Waals surface area contributed by atoms with Crippen molar-refractivity contribution in [2.24, 2.45) is 9.98 Å². The molecule has 0 aromatic heterocycles. The van der Waals surface area contributed by atoms with Gasteiger partial charge in [-0.25, -0.2) is 0 Å². The predicted molar refractivity (Wildman–Crippen MR) is 81.8 cm³/mol. The summed E-state index contributed by atoms with van der Waals surface area (Å²) in [6, 6.07) is 14.1. The summed E-state index contributed by atoms with van der Waals surface area (Å²) in [5.74, 6) is 0.433. The van der Waals surface area contributed by atoms with Gasteiger partial charge >= 0.3 is 21.0 Å². The van der Waals surface area contributed by atoms with Gasteiger partial charge in [-0.15, -0.1) is 0 Å². The van der Waals surface area contributed by atoms with Gasteiger partial charge in [-0.05, 0) is 24.3 Å². The monoisotopic (exact) mass is 335 g/mol. The van der Waals surface area contributed by atoms with Crippen LogP contribution in [0.3, 0.4) is 0 Å². The van der Waals surface area contributed by atoms with Crippen molar-refractivity contribution in [2.75, 3.05) is 13.1 Å². The number of benzene rings is 2. The summed E-state index contributed by atoms with van der Waals surface area (Å²) in [7, 11) is 0. The van der Waals surface area contributed by atoms with E-state index in [1.807, 2.05) is 12.1 Å². The molecule has 0 atom stereocenters. The molecule has 5 nitrogen and oxygen atoms in total. The maximum atomic E-state index is 9.54. The Labute approximate surface area is 138 Å². The minimum atomic E-state index is 0.217. The molecule has 0 unspecified atom stereocenters. The Hall–Kier alpha value is -2.24. The van der Waals surface area contributed by atoms with E-state index in [1.165, 1.54) is 0 Å². The molecule has 0 saturated carbocycles. The van der Waals surface area contributed by atoms with Crippen LogP contribution < -0.4 is 0 Å². The SMILES string of the molecule is Oc1ccccc1C=NCCN=Cc1ccccc1O.[O]=[V]. The Morgan fingerprint density at radius 2 is 1.14 bits per heavy atom. The van der Waals surface area contributed by atoms with Crippen LogP contribution in [0, 0.1) is 0 Å². The quantitative estimate of drug-likeness (QED) is 0.651. The molecule has 2 rings (SSSR count). The summed E-state index contributed by atoms with van der Waals surface area (Å²) < 4.78 is 8.19. The van der Waals surface area contributed by atoms with Crippen LogP contribution in [0.4, 0.5) is 0 Å². The molecule has 0 spiro atoms. The van der Waals surface area contributed by atoms with Gasteiger partial charge in [-0.2, -0.15) is 0 Å². The van der Waals surface area contributed by atoms with Gasteiger partial charge in [0.1, 0.15) is 11.5 Å². The zero-order chi connectivity index (χ0) is 16.2. The van der Waals surface area contributed by atoms with Crippen molar-refractivity contribution in [2.45, 2.75) is 0 Å². The van der Waals surface area contributed by atoms with Gasteiger partial charge < -0.3 is 10.2 Å². The van der Waals surface area contributed by atoms with Gasteiger partial charge in [0.25, 0.3) is 0 Å². The molecule has 0 amide bonds. The molecule has 0 aliphatic rings. The van der Waals surface area contributed by atoms with Gasteiger partial charge in [-0.3, -0.25) is 9.98 Å².